The Balaban J connectivity index is 2.80. The summed E-state index contributed by atoms with van der Waals surface area (Å²) in [6.45, 7) is 0.852. The van der Waals surface area contributed by atoms with E-state index >= 15 is 0 Å². The van der Waals surface area contributed by atoms with Crippen LogP contribution >= 0.6 is 0 Å². The number of aromatic carboxylic acids is 1. The van der Waals surface area contributed by atoms with Gasteiger partial charge in [0.05, 0.1) is 17.1 Å². The number of alkyl halides is 2. The highest BCUT2D eigenvalue weighted by Gasteiger charge is 2.18. The molecule has 0 aliphatic carbocycles. The zero-order valence-electron chi connectivity index (χ0n) is 11.1. The number of carboxylic acid groups (broad SMARTS) is 1. The van der Waals surface area contributed by atoms with Crippen LogP contribution in [0.3, 0.4) is 0 Å². The van der Waals surface area contributed by atoms with Crippen molar-refractivity contribution in [3.63, 3.8) is 0 Å². The van der Waals surface area contributed by atoms with Crippen LogP contribution in [0.5, 0.6) is 0 Å². The molecule has 7 nitrogen and oxygen atoms in total. The second kappa shape index (κ2) is 7.48. The average molecular weight is 304 g/mol. The van der Waals surface area contributed by atoms with E-state index in [4.69, 9.17) is 5.11 Å². The molecule has 0 saturated heterocycles. The maximum atomic E-state index is 11.8. The number of carbonyl (C=O) groups is 1. The second-order valence-electron chi connectivity index (χ2n) is 4.12. The van der Waals surface area contributed by atoms with Gasteiger partial charge in [-0.15, -0.1) is 0 Å². The Labute approximate surface area is 118 Å². The number of hydrogen-bond donors (Lipinski definition) is 2. The third-order valence-electron chi connectivity index (χ3n) is 2.63. The SMILES string of the molecule is Cc1c(NCCOCC(F)F)cc(C(=O)O)cc1[N+](=O)[O-]. The quantitative estimate of drug-likeness (QED) is 0.434. The van der Waals surface area contributed by atoms with Gasteiger partial charge in [-0.25, -0.2) is 13.6 Å². The Morgan fingerprint density at radius 3 is 2.71 bits per heavy atom. The van der Waals surface area contributed by atoms with E-state index in [-0.39, 0.29) is 35.7 Å². The third-order valence-corrected chi connectivity index (χ3v) is 2.63. The summed E-state index contributed by atoms with van der Waals surface area (Å²) in [6.07, 6.45) is -2.57. The first kappa shape index (κ1) is 16.8. The van der Waals surface area contributed by atoms with Crippen LogP contribution in [0.15, 0.2) is 12.1 Å². The number of hydrogen-bond acceptors (Lipinski definition) is 5. The van der Waals surface area contributed by atoms with Crippen molar-refractivity contribution in [2.75, 3.05) is 25.1 Å². The number of ether oxygens (including phenoxy) is 1. The predicted octanol–water partition coefficient (Wildman–Crippen LogP) is 2.30. The number of nitrogens with one attached hydrogen (secondary N) is 1. The molecular formula is C12H14F2N2O5. The van der Waals surface area contributed by atoms with Gasteiger partial charge in [0, 0.05) is 23.9 Å². The molecule has 0 fully saturated rings. The fourth-order valence-electron chi connectivity index (χ4n) is 1.63. The van der Waals surface area contributed by atoms with Gasteiger partial charge in [-0.05, 0) is 13.0 Å². The molecule has 116 valence electrons. The fourth-order valence-corrected chi connectivity index (χ4v) is 1.63. The van der Waals surface area contributed by atoms with E-state index in [0.717, 1.165) is 6.07 Å². The maximum absolute atomic E-state index is 11.8. The molecule has 1 rings (SSSR count). The molecular weight excluding hydrogens is 290 g/mol. The number of carboxylic acids is 1. The Morgan fingerprint density at radius 1 is 1.52 bits per heavy atom. The van der Waals surface area contributed by atoms with E-state index in [0.29, 0.717) is 0 Å². The normalized spacial score (nSPS) is 10.7. The Hall–Kier alpha value is -2.29. The van der Waals surface area contributed by atoms with Gasteiger partial charge in [-0.3, -0.25) is 10.1 Å². The zero-order valence-corrected chi connectivity index (χ0v) is 11.1. The van der Waals surface area contributed by atoms with E-state index in [1.807, 2.05) is 0 Å². The number of nitro benzene ring substituents is 1. The van der Waals surface area contributed by atoms with Crippen LogP contribution in [-0.4, -0.2) is 42.2 Å². The first-order valence-corrected chi connectivity index (χ1v) is 5.95. The fraction of sp³-hybridized carbons (Fsp3) is 0.417. The summed E-state index contributed by atoms with van der Waals surface area (Å²) < 4.78 is 28.3. The lowest BCUT2D eigenvalue weighted by Crippen LogP contribution is -2.14. The highest BCUT2D eigenvalue weighted by molar-refractivity contribution is 5.90. The zero-order chi connectivity index (χ0) is 16.0. The average Bonchev–Trinajstić information content (AvgIpc) is 2.39. The van der Waals surface area contributed by atoms with Crippen molar-refractivity contribution >= 4 is 17.3 Å². The first-order valence-electron chi connectivity index (χ1n) is 5.95. The molecule has 0 bridgehead atoms. The predicted molar refractivity (Wildman–Crippen MR) is 70.1 cm³/mol. The van der Waals surface area contributed by atoms with Crippen molar-refractivity contribution in [2.24, 2.45) is 0 Å². The van der Waals surface area contributed by atoms with Gasteiger partial charge in [0.2, 0.25) is 0 Å². The highest BCUT2D eigenvalue weighted by atomic mass is 19.3. The minimum Gasteiger partial charge on any atom is -0.478 e. The molecule has 0 amide bonds. The van der Waals surface area contributed by atoms with Crippen LogP contribution in [0.1, 0.15) is 15.9 Å². The molecule has 1 aromatic carbocycles. The van der Waals surface area contributed by atoms with Crippen LogP contribution in [-0.2, 0) is 4.74 Å². The molecule has 0 spiro atoms. The summed E-state index contributed by atoms with van der Waals surface area (Å²) in [5, 5.41) is 22.5. The molecule has 0 saturated carbocycles. The van der Waals surface area contributed by atoms with Crippen molar-refractivity contribution in [1.82, 2.24) is 0 Å². The highest BCUT2D eigenvalue weighted by Crippen LogP contribution is 2.27. The van der Waals surface area contributed by atoms with E-state index in [2.05, 4.69) is 10.1 Å². The van der Waals surface area contributed by atoms with Crippen LogP contribution in [0.4, 0.5) is 20.2 Å². The van der Waals surface area contributed by atoms with Crippen molar-refractivity contribution in [2.45, 2.75) is 13.3 Å². The largest absolute Gasteiger partial charge is 0.478 e. The van der Waals surface area contributed by atoms with Crippen LogP contribution < -0.4 is 5.32 Å². The Morgan fingerprint density at radius 2 is 2.19 bits per heavy atom. The molecule has 0 heterocycles. The lowest BCUT2D eigenvalue weighted by Gasteiger charge is -2.11. The van der Waals surface area contributed by atoms with Gasteiger partial charge in [0.1, 0.15) is 6.61 Å². The van der Waals surface area contributed by atoms with Crippen molar-refractivity contribution in [3.05, 3.63) is 33.4 Å². The molecule has 2 N–H and O–H groups in total. The molecule has 0 radical (unpaired) electrons. The van der Waals surface area contributed by atoms with Gasteiger partial charge in [0.25, 0.3) is 12.1 Å². The monoisotopic (exact) mass is 304 g/mol. The number of nitro groups is 1. The molecule has 0 aliphatic rings. The smallest absolute Gasteiger partial charge is 0.336 e. The van der Waals surface area contributed by atoms with Crippen LogP contribution in [0, 0.1) is 17.0 Å². The van der Waals surface area contributed by atoms with E-state index in [9.17, 15) is 23.7 Å². The molecule has 9 heteroatoms. The minimum atomic E-state index is -2.57. The summed E-state index contributed by atoms with van der Waals surface area (Å²) >= 11 is 0. The summed E-state index contributed by atoms with van der Waals surface area (Å²) in [5.74, 6) is -1.30. The lowest BCUT2D eigenvalue weighted by atomic mass is 10.1. The number of halogens is 2. The van der Waals surface area contributed by atoms with E-state index < -0.39 is 23.9 Å². The molecule has 0 aromatic heterocycles. The van der Waals surface area contributed by atoms with E-state index in [1.54, 1.807) is 0 Å². The summed E-state index contributed by atoms with van der Waals surface area (Å²) in [7, 11) is 0. The van der Waals surface area contributed by atoms with Gasteiger partial charge in [-0.1, -0.05) is 0 Å². The first-order chi connectivity index (χ1) is 9.82. The van der Waals surface area contributed by atoms with E-state index in [1.165, 1.54) is 13.0 Å². The lowest BCUT2D eigenvalue weighted by molar-refractivity contribution is -0.385. The van der Waals surface area contributed by atoms with Gasteiger partial charge < -0.3 is 15.2 Å². The van der Waals surface area contributed by atoms with Gasteiger partial charge in [-0.2, -0.15) is 0 Å². The van der Waals surface area contributed by atoms with Gasteiger partial charge >= 0.3 is 5.97 Å². The second-order valence-corrected chi connectivity index (χ2v) is 4.12. The number of benzene rings is 1. The van der Waals surface area contributed by atoms with Crippen molar-refractivity contribution < 1.29 is 28.3 Å². The van der Waals surface area contributed by atoms with Crippen molar-refractivity contribution in [1.29, 1.82) is 0 Å². The summed E-state index contributed by atoms with van der Waals surface area (Å²) in [6, 6.07) is 2.22. The minimum absolute atomic E-state index is 0.0329. The summed E-state index contributed by atoms with van der Waals surface area (Å²) in [4.78, 5) is 21.1. The molecule has 21 heavy (non-hydrogen) atoms. The third kappa shape index (κ3) is 4.95. The maximum Gasteiger partial charge on any atom is 0.336 e. The topological polar surface area (TPSA) is 102 Å². The molecule has 0 aliphatic heterocycles. The van der Waals surface area contributed by atoms with Crippen LogP contribution in [0.2, 0.25) is 0 Å². The molecule has 0 unspecified atom stereocenters. The van der Waals surface area contributed by atoms with Crippen LogP contribution in [0.25, 0.3) is 0 Å². The number of nitrogens with zero attached hydrogens (tertiary/aromatic N) is 1. The Bertz CT molecular complexity index is 537. The number of rotatable bonds is 8. The summed E-state index contributed by atoms with van der Waals surface area (Å²) in [5.41, 5.74) is -0.0460. The Kier molecular flexibility index (Phi) is 5.97. The standard InChI is InChI=1S/C12H14F2N2O5/c1-7-9(15-2-3-21-6-11(13)14)4-8(12(17)18)5-10(7)16(19)20/h4-5,11,15H,2-3,6H2,1H3,(H,17,18). The van der Waals surface area contributed by atoms with Crippen molar-refractivity contribution in [3.8, 4) is 0 Å². The molecule has 0 atom stereocenters. The number of anilines is 1. The molecule has 1 aromatic rings. The van der Waals surface area contributed by atoms with Gasteiger partial charge in [0.15, 0.2) is 0 Å².